The van der Waals surface area contributed by atoms with Crippen molar-refractivity contribution in [1.82, 2.24) is 0 Å². The van der Waals surface area contributed by atoms with Crippen LogP contribution in [0.2, 0.25) is 0 Å². The van der Waals surface area contributed by atoms with E-state index in [4.69, 9.17) is 0 Å². The van der Waals surface area contributed by atoms with E-state index in [0.29, 0.717) is 12.0 Å². The van der Waals surface area contributed by atoms with E-state index in [1.54, 1.807) is 0 Å². The first-order valence-corrected chi connectivity index (χ1v) is 6.24. The van der Waals surface area contributed by atoms with Gasteiger partial charge in [-0.15, -0.1) is 0 Å². The lowest BCUT2D eigenvalue weighted by atomic mass is 9.85. The number of hydrogen-bond acceptors (Lipinski definition) is 1. The van der Waals surface area contributed by atoms with Crippen molar-refractivity contribution in [3.8, 4) is 0 Å². The Morgan fingerprint density at radius 2 is 1.65 bits per heavy atom. The lowest BCUT2D eigenvalue weighted by Gasteiger charge is -2.33. The number of rotatable bonds is 1. The Morgan fingerprint density at radius 3 is 2.47 bits per heavy atom. The van der Waals surface area contributed by atoms with E-state index in [0.717, 1.165) is 6.42 Å². The fourth-order valence-electron chi connectivity index (χ4n) is 2.69. The molecule has 3 rings (SSSR count). The van der Waals surface area contributed by atoms with Crippen molar-refractivity contribution < 1.29 is 0 Å². The van der Waals surface area contributed by atoms with Gasteiger partial charge in [-0.3, -0.25) is 0 Å². The zero-order valence-corrected chi connectivity index (χ0v) is 10.1. The Kier molecular flexibility index (Phi) is 2.60. The summed E-state index contributed by atoms with van der Waals surface area (Å²) < 4.78 is 0. The smallest absolute Gasteiger partial charge is 0.0542 e. The number of anilines is 1. The maximum atomic E-state index is 3.66. The zero-order chi connectivity index (χ0) is 11.7. The van der Waals surface area contributed by atoms with Crippen LogP contribution in [0.3, 0.4) is 0 Å². The second-order valence-electron chi connectivity index (χ2n) is 4.87. The van der Waals surface area contributed by atoms with Crippen molar-refractivity contribution in [3.63, 3.8) is 0 Å². The van der Waals surface area contributed by atoms with Gasteiger partial charge in [0.1, 0.15) is 0 Å². The van der Waals surface area contributed by atoms with E-state index < -0.39 is 0 Å². The van der Waals surface area contributed by atoms with E-state index in [9.17, 15) is 0 Å². The van der Waals surface area contributed by atoms with Crippen LogP contribution in [0, 0.1) is 5.92 Å². The Bertz CT molecular complexity index is 504. The molecule has 1 aliphatic rings. The second kappa shape index (κ2) is 4.25. The average Bonchev–Trinajstić information content (AvgIpc) is 2.39. The molecule has 17 heavy (non-hydrogen) atoms. The Morgan fingerprint density at radius 1 is 0.941 bits per heavy atom. The molecular weight excluding hydrogens is 206 g/mol. The molecule has 0 fully saturated rings. The maximum Gasteiger partial charge on any atom is 0.0542 e. The number of hydrogen-bond donors (Lipinski definition) is 1. The molecule has 0 spiro atoms. The molecule has 0 radical (unpaired) electrons. The van der Waals surface area contributed by atoms with Crippen LogP contribution >= 0.6 is 0 Å². The monoisotopic (exact) mass is 223 g/mol. The van der Waals surface area contributed by atoms with Gasteiger partial charge in [0, 0.05) is 5.69 Å². The predicted molar refractivity (Wildman–Crippen MR) is 72.1 cm³/mol. The largest absolute Gasteiger partial charge is 0.378 e. The minimum absolute atomic E-state index is 0.436. The van der Waals surface area contributed by atoms with Crippen LogP contribution in [0.15, 0.2) is 54.6 Å². The summed E-state index contributed by atoms with van der Waals surface area (Å²) in [5, 5.41) is 3.66. The fraction of sp³-hybridized carbons (Fsp3) is 0.250. The molecule has 0 unspecified atom stereocenters. The summed E-state index contributed by atoms with van der Waals surface area (Å²) in [7, 11) is 0. The molecule has 2 aromatic rings. The van der Waals surface area contributed by atoms with Gasteiger partial charge in [-0.25, -0.2) is 0 Å². The van der Waals surface area contributed by atoms with Crippen LogP contribution in [-0.4, -0.2) is 0 Å². The predicted octanol–water partition coefficient (Wildman–Crippen LogP) is 4.03. The van der Waals surface area contributed by atoms with Gasteiger partial charge < -0.3 is 5.32 Å². The standard InChI is InChI=1S/C16H17N/c1-12-11-14-9-5-6-10-15(14)17-16(12)13-7-3-2-4-8-13/h2-10,12,16-17H,11H2,1H3/t12-,16+/m1/s1. The summed E-state index contributed by atoms with van der Waals surface area (Å²) >= 11 is 0. The van der Waals surface area contributed by atoms with E-state index in [1.807, 2.05) is 0 Å². The lowest BCUT2D eigenvalue weighted by molar-refractivity contribution is 0.479. The third kappa shape index (κ3) is 1.93. The van der Waals surface area contributed by atoms with Gasteiger partial charge in [0.05, 0.1) is 6.04 Å². The van der Waals surface area contributed by atoms with Gasteiger partial charge in [0.25, 0.3) is 0 Å². The van der Waals surface area contributed by atoms with Crippen LogP contribution in [0.1, 0.15) is 24.1 Å². The molecule has 0 saturated carbocycles. The highest BCUT2D eigenvalue weighted by atomic mass is 14.9. The molecule has 1 heterocycles. The number of benzene rings is 2. The van der Waals surface area contributed by atoms with Gasteiger partial charge in [-0.2, -0.15) is 0 Å². The molecule has 86 valence electrons. The second-order valence-corrected chi connectivity index (χ2v) is 4.87. The SMILES string of the molecule is C[C@@H]1Cc2ccccc2N[C@@H]1c1ccccc1. The average molecular weight is 223 g/mol. The molecule has 0 saturated heterocycles. The molecule has 1 N–H and O–H groups in total. The van der Waals surface area contributed by atoms with Crippen molar-refractivity contribution in [2.24, 2.45) is 5.92 Å². The van der Waals surface area contributed by atoms with Crippen LogP contribution in [0.5, 0.6) is 0 Å². The van der Waals surface area contributed by atoms with E-state index in [2.05, 4.69) is 66.8 Å². The molecule has 1 aliphatic heterocycles. The molecule has 0 aromatic heterocycles. The summed E-state index contributed by atoms with van der Waals surface area (Å²) in [4.78, 5) is 0. The van der Waals surface area contributed by atoms with Crippen LogP contribution in [-0.2, 0) is 6.42 Å². The Hall–Kier alpha value is -1.76. The molecule has 0 bridgehead atoms. The highest BCUT2D eigenvalue weighted by Gasteiger charge is 2.25. The highest BCUT2D eigenvalue weighted by molar-refractivity contribution is 5.55. The summed E-state index contributed by atoms with van der Waals surface area (Å²) in [5.74, 6) is 0.632. The molecule has 1 nitrogen and oxygen atoms in total. The van der Waals surface area contributed by atoms with Crippen molar-refractivity contribution in [2.75, 3.05) is 5.32 Å². The Balaban J connectivity index is 1.95. The van der Waals surface area contributed by atoms with Gasteiger partial charge >= 0.3 is 0 Å². The number of nitrogens with one attached hydrogen (secondary N) is 1. The first kappa shape index (κ1) is 10.4. The molecule has 0 amide bonds. The van der Waals surface area contributed by atoms with Crippen LogP contribution < -0.4 is 5.32 Å². The van der Waals surface area contributed by atoms with Gasteiger partial charge in [-0.1, -0.05) is 55.5 Å². The van der Waals surface area contributed by atoms with Gasteiger partial charge in [0.15, 0.2) is 0 Å². The first-order chi connectivity index (χ1) is 8.34. The van der Waals surface area contributed by atoms with Crippen LogP contribution in [0.25, 0.3) is 0 Å². The zero-order valence-electron chi connectivity index (χ0n) is 10.1. The molecule has 1 heteroatoms. The fourth-order valence-corrected chi connectivity index (χ4v) is 2.69. The maximum absolute atomic E-state index is 3.66. The summed E-state index contributed by atoms with van der Waals surface area (Å²) in [6.07, 6.45) is 1.16. The quantitative estimate of drug-likeness (QED) is 0.769. The summed E-state index contributed by atoms with van der Waals surface area (Å²) in [6.45, 7) is 2.32. The van der Waals surface area contributed by atoms with Crippen molar-refractivity contribution >= 4 is 5.69 Å². The van der Waals surface area contributed by atoms with E-state index in [-0.39, 0.29) is 0 Å². The van der Waals surface area contributed by atoms with E-state index in [1.165, 1.54) is 16.8 Å². The van der Waals surface area contributed by atoms with Crippen molar-refractivity contribution in [3.05, 3.63) is 65.7 Å². The van der Waals surface area contributed by atoms with Crippen molar-refractivity contribution in [2.45, 2.75) is 19.4 Å². The third-order valence-electron chi connectivity index (χ3n) is 3.60. The molecule has 0 aliphatic carbocycles. The minimum atomic E-state index is 0.436. The lowest BCUT2D eigenvalue weighted by Crippen LogP contribution is -2.25. The topological polar surface area (TPSA) is 12.0 Å². The minimum Gasteiger partial charge on any atom is -0.378 e. The van der Waals surface area contributed by atoms with Gasteiger partial charge in [-0.05, 0) is 29.5 Å². The van der Waals surface area contributed by atoms with Crippen LogP contribution in [0.4, 0.5) is 5.69 Å². The van der Waals surface area contributed by atoms with Crippen molar-refractivity contribution in [1.29, 1.82) is 0 Å². The highest BCUT2D eigenvalue weighted by Crippen LogP contribution is 2.36. The third-order valence-corrected chi connectivity index (χ3v) is 3.60. The Labute approximate surface area is 102 Å². The molecule has 2 aromatic carbocycles. The summed E-state index contributed by atoms with van der Waals surface area (Å²) in [6, 6.07) is 19.8. The van der Waals surface area contributed by atoms with Gasteiger partial charge in [0.2, 0.25) is 0 Å². The first-order valence-electron chi connectivity index (χ1n) is 6.24. The summed E-state index contributed by atoms with van der Waals surface area (Å²) in [5.41, 5.74) is 4.11. The molecule has 2 atom stereocenters. The number of fused-ring (bicyclic) bond motifs is 1. The molecular formula is C16H17N. The van der Waals surface area contributed by atoms with E-state index >= 15 is 0 Å². The normalized spacial score (nSPS) is 22.6. The number of para-hydroxylation sites is 1.